The van der Waals surface area contributed by atoms with Crippen LogP contribution >= 0.6 is 0 Å². The zero-order valence-electron chi connectivity index (χ0n) is 13.9. The minimum atomic E-state index is -0.917. The van der Waals surface area contributed by atoms with Crippen molar-refractivity contribution in [3.8, 4) is 5.75 Å². The molecule has 0 heterocycles. The van der Waals surface area contributed by atoms with Crippen molar-refractivity contribution in [2.24, 2.45) is 0 Å². The first kappa shape index (κ1) is 18.8. The Morgan fingerprint density at radius 2 is 1.96 bits per heavy atom. The Morgan fingerprint density at radius 3 is 2.58 bits per heavy atom. The maximum absolute atomic E-state index is 13.6. The molecule has 0 fully saturated rings. The van der Waals surface area contributed by atoms with Gasteiger partial charge in [-0.15, -0.1) is 0 Å². The van der Waals surface area contributed by atoms with Gasteiger partial charge in [0.1, 0.15) is 5.69 Å². The fraction of sp³-hybridized carbons (Fsp3) is 0.176. The number of ether oxygens (including phenoxy) is 2. The first-order valence-electron chi connectivity index (χ1n) is 7.37. The molecule has 2 aromatic carbocycles. The van der Waals surface area contributed by atoms with Crippen LogP contribution in [0.5, 0.6) is 5.75 Å². The Balaban J connectivity index is 2.00. The number of anilines is 1. The van der Waals surface area contributed by atoms with Gasteiger partial charge in [-0.2, -0.15) is 0 Å². The molecule has 8 nitrogen and oxygen atoms in total. The van der Waals surface area contributed by atoms with Crippen LogP contribution in [0.4, 0.5) is 15.8 Å². The van der Waals surface area contributed by atoms with E-state index in [1.54, 1.807) is 13.0 Å². The van der Waals surface area contributed by atoms with Gasteiger partial charge in [0, 0.05) is 6.07 Å². The van der Waals surface area contributed by atoms with Crippen molar-refractivity contribution >= 4 is 23.3 Å². The van der Waals surface area contributed by atoms with E-state index in [2.05, 4.69) is 5.32 Å². The van der Waals surface area contributed by atoms with Crippen molar-refractivity contribution in [1.29, 1.82) is 0 Å². The second-order valence-corrected chi connectivity index (χ2v) is 5.25. The van der Waals surface area contributed by atoms with E-state index in [1.807, 2.05) is 0 Å². The number of carbonyl (C=O) groups excluding carboxylic acids is 2. The lowest BCUT2D eigenvalue weighted by Crippen LogP contribution is -2.21. The summed E-state index contributed by atoms with van der Waals surface area (Å²) in [7, 11) is 1.28. The van der Waals surface area contributed by atoms with Crippen LogP contribution in [0, 0.1) is 22.9 Å². The van der Waals surface area contributed by atoms with E-state index in [0.717, 1.165) is 6.07 Å². The summed E-state index contributed by atoms with van der Waals surface area (Å²) in [5.41, 5.74) is 0.263. The van der Waals surface area contributed by atoms with E-state index in [0.29, 0.717) is 5.56 Å². The molecule has 0 unspecified atom stereocenters. The zero-order chi connectivity index (χ0) is 19.3. The molecule has 0 spiro atoms. The molecule has 0 atom stereocenters. The van der Waals surface area contributed by atoms with E-state index >= 15 is 0 Å². The molecule has 1 N–H and O–H groups in total. The minimum absolute atomic E-state index is 0.0165. The highest BCUT2D eigenvalue weighted by Crippen LogP contribution is 2.25. The standard InChI is InChI=1S/C17H15FN2O6/c1-10-3-5-13(14(7-10)20(23)24)19-16(21)9-26-17(22)11-4-6-15(25-2)12(18)8-11/h3-8H,9H2,1-2H3,(H,19,21). The van der Waals surface area contributed by atoms with Gasteiger partial charge in [-0.1, -0.05) is 6.07 Å². The van der Waals surface area contributed by atoms with Gasteiger partial charge >= 0.3 is 5.97 Å². The molecule has 0 aromatic heterocycles. The number of rotatable bonds is 6. The molecule has 9 heteroatoms. The van der Waals surface area contributed by atoms with Crippen LogP contribution in [0.1, 0.15) is 15.9 Å². The number of aryl methyl sites for hydroxylation is 1. The van der Waals surface area contributed by atoms with Gasteiger partial charge in [-0.3, -0.25) is 14.9 Å². The Bertz CT molecular complexity index is 868. The predicted molar refractivity (Wildman–Crippen MR) is 89.7 cm³/mol. The number of hydrogen-bond donors (Lipinski definition) is 1. The third kappa shape index (κ3) is 4.53. The highest BCUT2D eigenvalue weighted by Gasteiger charge is 2.18. The Morgan fingerprint density at radius 1 is 1.23 bits per heavy atom. The van der Waals surface area contributed by atoms with Gasteiger partial charge in [0.15, 0.2) is 18.2 Å². The molecule has 136 valence electrons. The molecule has 0 bridgehead atoms. The monoisotopic (exact) mass is 362 g/mol. The largest absolute Gasteiger partial charge is 0.494 e. The van der Waals surface area contributed by atoms with E-state index in [9.17, 15) is 24.1 Å². The normalized spacial score (nSPS) is 10.1. The number of esters is 1. The average molecular weight is 362 g/mol. The van der Waals surface area contributed by atoms with Crippen molar-refractivity contribution in [1.82, 2.24) is 0 Å². The molecule has 0 saturated carbocycles. The van der Waals surface area contributed by atoms with Crippen molar-refractivity contribution in [2.45, 2.75) is 6.92 Å². The van der Waals surface area contributed by atoms with E-state index in [4.69, 9.17) is 9.47 Å². The van der Waals surface area contributed by atoms with Crippen LogP contribution in [0.25, 0.3) is 0 Å². The summed E-state index contributed by atoms with van der Waals surface area (Å²) >= 11 is 0. The number of halogens is 1. The number of hydrogen-bond acceptors (Lipinski definition) is 6. The lowest BCUT2D eigenvalue weighted by molar-refractivity contribution is -0.384. The molecule has 0 aliphatic carbocycles. The Hall–Kier alpha value is -3.49. The lowest BCUT2D eigenvalue weighted by Gasteiger charge is -2.08. The maximum atomic E-state index is 13.6. The number of nitro groups is 1. The summed E-state index contributed by atoms with van der Waals surface area (Å²) in [6.07, 6.45) is 0. The first-order valence-corrected chi connectivity index (χ1v) is 7.37. The van der Waals surface area contributed by atoms with Crippen molar-refractivity contribution < 1.29 is 28.4 Å². The summed E-state index contributed by atoms with van der Waals surface area (Å²) in [6, 6.07) is 7.74. The first-order chi connectivity index (χ1) is 12.3. The summed E-state index contributed by atoms with van der Waals surface area (Å²) in [4.78, 5) is 34.1. The molecule has 26 heavy (non-hydrogen) atoms. The van der Waals surface area contributed by atoms with Crippen molar-refractivity contribution in [2.75, 3.05) is 19.0 Å². The molecule has 1 amide bonds. The smallest absolute Gasteiger partial charge is 0.338 e. The van der Waals surface area contributed by atoms with Crippen LogP contribution in [0.2, 0.25) is 0 Å². The van der Waals surface area contributed by atoms with Crippen LogP contribution in [-0.2, 0) is 9.53 Å². The Labute approximate surface area is 147 Å². The van der Waals surface area contributed by atoms with Crippen LogP contribution < -0.4 is 10.1 Å². The number of benzene rings is 2. The van der Waals surface area contributed by atoms with Gasteiger partial charge in [-0.05, 0) is 36.8 Å². The number of carbonyl (C=O) groups is 2. The second kappa shape index (κ2) is 8.06. The number of nitro benzene ring substituents is 1. The summed E-state index contributed by atoms with van der Waals surface area (Å²) < 4.78 is 23.1. The average Bonchev–Trinajstić information content (AvgIpc) is 2.60. The number of nitrogens with one attached hydrogen (secondary N) is 1. The van der Waals surface area contributed by atoms with Crippen molar-refractivity contribution in [3.63, 3.8) is 0 Å². The third-order valence-corrected chi connectivity index (χ3v) is 3.35. The highest BCUT2D eigenvalue weighted by molar-refractivity contribution is 5.96. The van der Waals surface area contributed by atoms with Crippen LogP contribution in [0.3, 0.4) is 0 Å². The number of nitrogens with zero attached hydrogens (tertiary/aromatic N) is 1. The highest BCUT2D eigenvalue weighted by atomic mass is 19.1. The molecular weight excluding hydrogens is 347 g/mol. The quantitative estimate of drug-likeness (QED) is 0.481. The molecule has 2 rings (SSSR count). The predicted octanol–water partition coefficient (Wildman–Crippen LogP) is 2.85. The van der Waals surface area contributed by atoms with Crippen molar-refractivity contribution in [3.05, 3.63) is 63.5 Å². The summed E-state index contributed by atoms with van der Waals surface area (Å²) in [6.45, 7) is 0.992. The fourth-order valence-corrected chi connectivity index (χ4v) is 2.09. The second-order valence-electron chi connectivity index (χ2n) is 5.25. The van der Waals surface area contributed by atoms with E-state index < -0.39 is 29.2 Å². The van der Waals surface area contributed by atoms with Gasteiger partial charge in [-0.25, -0.2) is 9.18 Å². The summed E-state index contributed by atoms with van der Waals surface area (Å²) in [5, 5.41) is 13.3. The lowest BCUT2D eigenvalue weighted by atomic mass is 10.2. The zero-order valence-corrected chi connectivity index (χ0v) is 13.9. The summed E-state index contributed by atoms with van der Waals surface area (Å²) in [5.74, 6) is -2.47. The van der Waals surface area contributed by atoms with Crippen LogP contribution in [0.15, 0.2) is 36.4 Å². The molecule has 2 aromatic rings. The number of amides is 1. The topological polar surface area (TPSA) is 108 Å². The number of methoxy groups -OCH3 is 1. The molecule has 0 saturated heterocycles. The third-order valence-electron chi connectivity index (χ3n) is 3.35. The van der Waals surface area contributed by atoms with E-state index in [-0.39, 0.29) is 22.7 Å². The van der Waals surface area contributed by atoms with Crippen LogP contribution in [-0.4, -0.2) is 30.5 Å². The van der Waals surface area contributed by atoms with Gasteiger partial charge < -0.3 is 14.8 Å². The fourth-order valence-electron chi connectivity index (χ4n) is 2.09. The Kier molecular flexibility index (Phi) is 5.84. The molecular formula is C17H15FN2O6. The van der Waals surface area contributed by atoms with E-state index in [1.165, 1.54) is 31.4 Å². The van der Waals surface area contributed by atoms with Gasteiger partial charge in [0.05, 0.1) is 17.6 Å². The maximum Gasteiger partial charge on any atom is 0.338 e. The minimum Gasteiger partial charge on any atom is -0.494 e. The molecule has 0 aliphatic rings. The SMILES string of the molecule is COc1ccc(C(=O)OCC(=O)Nc2ccc(C)cc2[N+](=O)[O-])cc1F. The van der Waals surface area contributed by atoms with Gasteiger partial charge in [0.25, 0.3) is 11.6 Å². The van der Waals surface area contributed by atoms with Gasteiger partial charge in [0.2, 0.25) is 0 Å². The molecule has 0 aliphatic heterocycles. The molecule has 0 radical (unpaired) electrons.